The van der Waals surface area contributed by atoms with Crippen molar-refractivity contribution in [1.29, 1.82) is 0 Å². The van der Waals surface area contributed by atoms with Crippen molar-refractivity contribution in [3.05, 3.63) is 21.8 Å². The van der Waals surface area contributed by atoms with Crippen LogP contribution in [0.5, 0.6) is 0 Å². The molecule has 0 nitrogen and oxygen atoms in total. The fourth-order valence-electron chi connectivity index (χ4n) is 0.568. The van der Waals surface area contributed by atoms with E-state index in [0.29, 0.717) is 4.83 Å². The lowest BCUT2D eigenvalue weighted by Gasteiger charge is -2.04. The Bertz CT molecular complexity index is 137. The van der Waals surface area contributed by atoms with E-state index < -0.39 is 0 Å². The van der Waals surface area contributed by atoms with Gasteiger partial charge in [0.1, 0.15) is 0 Å². The fraction of sp³-hybridized carbons (Fsp3) is 0.333. The number of alkyl halides is 1. The fourth-order valence-corrected chi connectivity index (χ4v) is 1.37. The molecule has 0 aliphatic heterocycles. The summed E-state index contributed by atoms with van der Waals surface area (Å²) in [5, 5.41) is 0. The molecule has 0 saturated heterocycles. The Morgan fingerprint density at radius 3 is 2.88 bits per heavy atom. The highest BCUT2D eigenvalue weighted by atomic mass is 127. The molecule has 0 aromatic heterocycles. The van der Waals surface area contributed by atoms with E-state index in [4.69, 9.17) is 0 Å². The summed E-state index contributed by atoms with van der Waals surface area (Å²) >= 11 is 5.80. The lowest BCUT2D eigenvalue weighted by Crippen LogP contribution is -1.92. The van der Waals surface area contributed by atoms with E-state index in [1.165, 1.54) is 3.58 Å². The lowest BCUT2D eigenvalue weighted by molar-refractivity contribution is 1.07. The summed E-state index contributed by atoms with van der Waals surface area (Å²) in [5.41, 5.74) is 0. The Balaban J connectivity index is 2.58. The molecule has 0 amide bonds. The summed E-state index contributed by atoms with van der Waals surface area (Å²) in [6.45, 7) is 0. The Morgan fingerprint density at radius 2 is 2.50 bits per heavy atom. The zero-order valence-electron chi connectivity index (χ0n) is 4.27. The largest absolute Gasteiger partial charge is 0.0842 e. The molecule has 0 bridgehead atoms. The highest BCUT2D eigenvalue weighted by Gasteiger charge is 2.00. The van der Waals surface area contributed by atoms with Crippen LogP contribution in [0.25, 0.3) is 0 Å². The zero-order valence-corrected chi connectivity index (χ0v) is 8.02. The van der Waals surface area contributed by atoms with Gasteiger partial charge in [-0.1, -0.05) is 34.2 Å². The van der Waals surface area contributed by atoms with Crippen molar-refractivity contribution in [3.8, 4) is 0 Å². The average Bonchev–Trinajstić information content (AvgIpc) is 1.77. The van der Waals surface area contributed by atoms with Crippen LogP contribution in [0.3, 0.4) is 0 Å². The van der Waals surface area contributed by atoms with E-state index >= 15 is 0 Å². The standard InChI is InChI=1S/C6H6BrI/c7-5-1-3-6(8)4-2-5/h1,3-5H,2H2. The highest BCUT2D eigenvalue weighted by molar-refractivity contribution is 14.1. The van der Waals surface area contributed by atoms with Gasteiger partial charge in [0.25, 0.3) is 0 Å². The van der Waals surface area contributed by atoms with Gasteiger partial charge in [0.15, 0.2) is 0 Å². The molecule has 0 aromatic carbocycles. The average molecular weight is 285 g/mol. The second kappa shape index (κ2) is 3.01. The first kappa shape index (κ1) is 6.81. The number of hydrogen-bond donors (Lipinski definition) is 0. The Kier molecular flexibility index (Phi) is 2.56. The lowest BCUT2D eigenvalue weighted by atomic mass is 10.2. The van der Waals surface area contributed by atoms with Gasteiger partial charge in [-0.15, -0.1) is 0 Å². The quantitative estimate of drug-likeness (QED) is 0.474. The Morgan fingerprint density at radius 1 is 1.75 bits per heavy atom. The van der Waals surface area contributed by atoms with Gasteiger partial charge in [-0.25, -0.2) is 0 Å². The van der Waals surface area contributed by atoms with Crippen molar-refractivity contribution in [2.24, 2.45) is 0 Å². The number of halogens is 2. The topological polar surface area (TPSA) is 0 Å². The van der Waals surface area contributed by atoms with Crippen LogP contribution in [0, 0.1) is 0 Å². The van der Waals surface area contributed by atoms with Crippen molar-refractivity contribution in [1.82, 2.24) is 0 Å². The van der Waals surface area contributed by atoms with Crippen molar-refractivity contribution in [2.45, 2.75) is 11.2 Å². The molecule has 1 aliphatic rings. The van der Waals surface area contributed by atoms with Gasteiger partial charge in [-0.2, -0.15) is 0 Å². The third kappa shape index (κ3) is 1.90. The summed E-state index contributed by atoms with van der Waals surface area (Å²) in [6.07, 6.45) is 7.65. The van der Waals surface area contributed by atoms with E-state index in [0.717, 1.165) is 6.42 Å². The predicted molar refractivity (Wildman–Crippen MR) is 48.6 cm³/mol. The van der Waals surface area contributed by atoms with Gasteiger partial charge in [0, 0.05) is 8.41 Å². The van der Waals surface area contributed by atoms with Crippen molar-refractivity contribution in [2.75, 3.05) is 0 Å². The SMILES string of the molecule is BrC1C=CC(I)=CC1. The summed E-state index contributed by atoms with van der Waals surface area (Å²) in [6, 6.07) is 0. The molecular formula is C6H6BrI. The molecule has 1 aliphatic carbocycles. The number of allylic oxidation sites excluding steroid dienone is 4. The molecule has 8 heavy (non-hydrogen) atoms. The van der Waals surface area contributed by atoms with Crippen LogP contribution >= 0.6 is 38.5 Å². The van der Waals surface area contributed by atoms with Crippen molar-refractivity contribution < 1.29 is 0 Å². The predicted octanol–water partition coefficient (Wildman–Crippen LogP) is 3.03. The molecule has 0 heterocycles. The van der Waals surface area contributed by atoms with Crippen molar-refractivity contribution in [3.63, 3.8) is 0 Å². The van der Waals surface area contributed by atoms with Crippen LogP contribution in [-0.4, -0.2) is 4.83 Å². The smallest absolute Gasteiger partial charge is 0.0363 e. The third-order valence-electron chi connectivity index (χ3n) is 1.00. The van der Waals surface area contributed by atoms with E-state index in [9.17, 15) is 0 Å². The van der Waals surface area contributed by atoms with Gasteiger partial charge >= 0.3 is 0 Å². The monoisotopic (exact) mass is 284 g/mol. The second-order valence-corrected chi connectivity index (χ2v) is 4.12. The molecule has 0 aromatic rings. The van der Waals surface area contributed by atoms with Crippen LogP contribution in [0.1, 0.15) is 6.42 Å². The molecule has 2 heteroatoms. The Hall–Kier alpha value is 0.690. The summed E-state index contributed by atoms with van der Waals surface area (Å²) < 4.78 is 1.35. The molecular weight excluding hydrogens is 279 g/mol. The van der Waals surface area contributed by atoms with Crippen LogP contribution in [-0.2, 0) is 0 Å². The maximum Gasteiger partial charge on any atom is 0.0363 e. The third-order valence-corrected chi connectivity index (χ3v) is 2.48. The number of rotatable bonds is 0. The van der Waals surface area contributed by atoms with Crippen molar-refractivity contribution >= 4 is 38.5 Å². The van der Waals surface area contributed by atoms with Gasteiger partial charge in [-0.05, 0) is 29.0 Å². The van der Waals surface area contributed by atoms with Crippen LogP contribution in [0.4, 0.5) is 0 Å². The van der Waals surface area contributed by atoms with Crippen LogP contribution in [0.2, 0.25) is 0 Å². The number of hydrogen-bond acceptors (Lipinski definition) is 0. The maximum atomic E-state index is 3.48. The molecule has 1 rings (SSSR count). The molecule has 44 valence electrons. The van der Waals surface area contributed by atoms with Gasteiger partial charge in [0.2, 0.25) is 0 Å². The minimum atomic E-state index is 0.570. The van der Waals surface area contributed by atoms with Crippen LogP contribution < -0.4 is 0 Å². The molecule has 0 N–H and O–H groups in total. The summed E-state index contributed by atoms with van der Waals surface area (Å²) in [4.78, 5) is 0.570. The zero-order chi connectivity index (χ0) is 5.98. The normalized spacial score (nSPS) is 27.8. The minimum absolute atomic E-state index is 0.570. The first-order valence-electron chi connectivity index (χ1n) is 2.47. The van der Waals surface area contributed by atoms with E-state index in [1.807, 2.05) is 0 Å². The summed E-state index contributed by atoms with van der Waals surface area (Å²) in [5.74, 6) is 0. The molecule has 0 radical (unpaired) electrons. The molecule has 0 fully saturated rings. The minimum Gasteiger partial charge on any atom is -0.0842 e. The first-order valence-corrected chi connectivity index (χ1v) is 4.46. The van der Waals surface area contributed by atoms with Crippen LogP contribution in [0.15, 0.2) is 21.8 Å². The van der Waals surface area contributed by atoms with Gasteiger partial charge in [0.05, 0.1) is 0 Å². The van der Waals surface area contributed by atoms with E-state index in [-0.39, 0.29) is 0 Å². The molecule has 0 spiro atoms. The van der Waals surface area contributed by atoms with E-state index in [2.05, 4.69) is 56.7 Å². The highest BCUT2D eigenvalue weighted by Crippen LogP contribution is 2.20. The first-order chi connectivity index (χ1) is 3.79. The maximum absolute atomic E-state index is 3.48. The Labute approximate surface area is 71.3 Å². The second-order valence-electron chi connectivity index (χ2n) is 1.70. The molecule has 1 atom stereocenters. The van der Waals surface area contributed by atoms with Gasteiger partial charge < -0.3 is 0 Å². The van der Waals surface area contributed by atoms with E-state index in [1.54, 1.807) is 0 Å². The summed E-state index contributed by atoms with van der Waals surface area (Å²) in [7, 11) is 0. The molecule has 0 saturated carbocycles. The molecule has 1 unspecified atom stereocenters. The van der Waals surface area contributed by atoms with Gasteiger partial charge in [-0.3, -0.25) is 0 Å².